The molecule has 0 saturated carbocycles. The van der Waals surface area contributed by atoms with Crippen molar-refractivity contribution in [2.75, 3.05) is 30.0 Å². The summed E-state index contributed by atoms with van der Waals surface area (Å²) in [7, 11) is 1.98. The molecule has 3 aromatic heterocycles. The van der Waals surface area contributed by atoms with Gasteiger partial charge in [-0.2, -0.15) is 0 Å². The SMILES string of the molecule is Cc1cc(Nc2ncnc3cnc(N4C[C@@H]5COC[C@@H]54)nc23)ccc1Oc1ccc2c(c1)ncn2C. The number of nitrogens with zero attached hydrogens (tertiary/aromatic N) is 7. The lowest BCUT2D eigenvalue weighted by molar-refractivity contribution is 0.191. The summed E-state index contributed by atoms with van der Waals surface area (Å²) in [5.74, 6) is 3.42. The van der Waals surface area contributed by atoms with Crippen LogP contribution in [0, 0.1) is 12.8 Å². The summed E-state index contributed by atoms with van der Waals surface area (Å²) in [6.45, 7) is 4.48. The second-order valence-corrected chi connectivity index (χ2v) is 9.36. The molecule has 0 amide bonds. The van der Waals surface area contributed by atoms with Crippen LogP contribution in [0.1, 0.15) is 5.56 Å². The summed E-state index contributed by atoms with van der Waals surface area (Å²) < 4.78 is 13.7. The smallest absolute Gasteiger partial charge is 0.226 e. The summed E-state index contributed by atoms with van der Waals surface area (Å²) >= 11 is 0. The van der Waals surface area contributed by atoms with Gasteiger partial charge in [0.1, 0.15) is 28.9 Å². The standard InChI is InChI=1S/C26H24N8O2/c1-15-7-17(3-6-23(15)36-18-4-5-21-19(8-18)30-14-33(21)2)31-25-24-20(28-13-29-25)9-27-26(32-24)34-10-16-11-35-12-22(16)34/h3-9,13-14,16,22H,10-12H2,1-2H3,(H,28,29,31)/t16-,22+/m1/s1. The zero-order valence-electron chi connectivity index (χ0n) is 19.9. The Bertz CT molecular complexity index is 1620. The molecule has 0 radical (unpaired) electrons. The fourth-order valence-electron chi connectivity index (χ4n) is 4.95. The van der Waals surface area contributed by atoms with Crippen molar-refractivity contribution in [2.24, 2.45) is 13.0 Å². The van der Waals surface area contributed by atoms with Crippen molar-refractivity contribution in [2.45, 2.75) is 13.0 Å². The van der Waals surface area contributed by atoms with E-state index >= 15 is 0 Å². The van der Waals surface area contributed by atoms with Crippen LogP contribution in [-0.2, 0) is 11.8 Å². The molecule has 2 atom stereocenters. The molecule has 10 nitrogen and oxygen atoms in total. The van der Waals surface area contributed by atoms with Gasteiger partial charge < -0.3 is 24.3 Å². The zero-order valence-corrected chi connectivity index (χ0v) is 19.9. The number of nitrogens with one attached hydrogen (secondary N) is 1. The highest BCUT2D eigenvalue weighted by Crippen LogP contribution is 2.35. The predicted molar refractivity (Wildman–Crippen MR) is 136 cm³/mol. The van der Waals surface area contributed by atoms with Gasteiger partial charge in [-0.25, -0.2) is 24.9 Å². The number of fused-ring (bicyclic) bond motifs is 3. The Kier molecular flexibility index (Phi) is 4.74. The largest absolute Gasteiger partial charge is 0.457 e. The van der Waals surface area contributed by atoms with Crippen molar-refractivity contribution in [3.63, 3.8) is 0 Å². The van der Waals surface area contributed by atoms with Gasteiger partial charge in [0.25, 0.3) is 0 Å². The van der Waals surface area contributed by atoms with Gasteiger partial charge >= 0.3 is 0 Å². The minimum atomic E-state index is 0.358. The van der Waals surface area contributed by atoms with Crippen LogP contribution >= 0.6 is 0 Å². The first kappa shape index (κ1) is 21.0. The van der Waals surface area contributed by atoms with Crippen molar-refractivity contribution < 1.29 is 9.47 Å². The van der Waals surface area contributed by atoms with Crippen LogP contribution < -0.4 is 15.0 Å². The van der Waals surface area contributed by atoms with Gasteiger partial charge in [0, 0.05) is 31.3 Å². The van der Waals surface area contributed by atoms with Gasteiger partial charge in [-0.1, -0.05) is 0 Å². The Morgan fingerprint density at radius 3 is 2.86 bits per heavy atom. The average molecular weight is 481 g/mol. The molecule has 0 bridgehead atoms. The van der Waals surface area contributed by atoms with Gasteiger partial charge in [-0.15, -0.1) is 0 Å². The van der Waals surface area contributed by atoms with E-state index in [4.69, 9.17) is 14.5 Å². The molecule has 2 fully saturated rings. The van der Waals surface area contributed by atoms with Crippen LogP contribution in [0.15, 0.2) is 55.2 Å². The fraction of sp³-hybridized carbons (Fsp3) is 0.269. The van der Waals surface area contributed by atoms with E-state index in [1.54, 1.807) is 12.5 Å². The summed E-state index contributed by atoms with van der Waals surface area (Å²) in [5.41, 5.74) is 5.21. The van der Waals surface area contributed by atoms with E-state index in [1.807, 2.05) is 54.9 Å². The van der Waals surface area contributed by atoms with Gasteiger partial charge in [-0.05, 0) is 42.8 Å². The number of ether oxygens (including phenoxy) is 2. The van der Waals surface area contributed by atoms with E-state index in [9.17, 15) is 0 Å². The Labute approximate surface area is 207 Å². The molecular formula is C26H24N8O2. The molecule has 0 aliphatic carbocycles. The third-order valence-electron chi connectivity index (χ3n) is 6.98. The highest BCUT2D eigenvalue weighted by Gasteiger charge is 2.44. The van der Waals surface area contributed by atoms with E-state index in [1.165, 1.54) is 6.33 Å². The first-order chi connectivity index (χ1) is 17.6. The van der Waals surface area contributed by atoms with Gasteiger partial charge in [-0.3, -0.25) is 0 Å². The van der Waals surface area contributed by atoms with Crippen LogP contribution in [0.4, 0.5) is 17.5 Å². The number of anilines is 3. The lowest BCUT2D eigenvalue weighted by Crippen LogP contribution is -2.56. The Hall–Kier alpha value is -4.31. The normalized spacial score (nSPS) is 18.9. The van der Waals surface area contributed by atoms with Crippen LogP contribution in [0.3, 0.4) is 0 Å². The molecule has 36 heavy (non-hydrogen) atoms. The molecule has 2 aliphatic rings. The number of aromatic nitrogens is 6. The molecule has 2 aliphatic heterocycles. The number of benzene rings is 2. The van der Waals surface area contributed by atoms with Crippen molar-refractivity contribution in [1.29, 1.82) is 0 Å². The molecule has 5 aromatic rings. The van der Waals surface area contributed by atoms with Crippen molar-refractivity contribution in [3.8, 4) is 11.5 Å². The third-order valence-corrected chi connectivity index (χ3v) is 6.98. The van der Waals surface area contributed by atoms with Gasteiger partial charge in [0.2, 0.25) is 5.95 Å². The highest BCUT2D eigenvalue weighted by atomic mass is 16.5. The maximum absolute atomic E-state index is 6.16. The minimum absolute atomic E-state index is 0.358. The number of hydrogen-bond donors (Lipinski definition) is 1. The molecule has 10 heteroatoms. The number of aryl methyl sites for hydroxylation is 2. The number of imidazole rings is 1. The van der Waals surface area contributed by atoms with E-state index in [-0.39, 0.29) is 0 Å². The fourth-order valence-corrected chi connectivity index (χ4v) is 4.95. The maximum atomic E-state index is 6.16. The first-order valence-corrected chi connectivity index (χ1v) is 11.9. The summed E-state index contributed by atoms with van der Waals surface area (Å²) in [5, 5.41) is 3.40. The molecule has 2 aromatic carbocycles. The van der Waals surface area contributed by atoms with Crippen molar-refractivity contribution in [3.05, 3.63) is 60.8 Å². The van der Waals surface area contributed by atoms with Crippen LogP contribution in [0.5, 0.6) is 11.5 Å². The molecule has 0 spiro atoms. The lowest BCUT2D eigenvalue weighted by atomic mass is 9.93. The Morgan fingerprint density at radius 1 is 1.03 bits per heavy atom. The Balaban J connectivity index is 1.14. The summed E-state index contributed by atoms with van der Waals surface area (Å²) in [4.78, 5) is 24.8. The van der Waals surface area contributed by atoms with Crippen LogP contribution in [0.2, 0.25) is 0 Å². The molecule has 2 saturated heterocycles. The maximum Gasteiger partial charge on any atom is 0.226 e. The monoisotopic (exact) mass is 480 g/mol. The molecule has 0 unspecified atom stereocenters. The van der Waals surface area contributed by atoms with Crippen molar-refractivity contribution >= 4 is 39.5 Å². The molecule has 180 valence electrons. The zero-order chi connectivity index (χ0) is 24.2. The number of hydrogen-bond acceptors (Lipinski definition) is 9. The molecule has 5 heterocycles. The van der Waals surface area contributed by atoms with Crippen molar-refractivity contribution in [1.82, 2.24) is 29.5 Å². The quantitative estimate of drug-likeness (QED) is 0.400. The third kappa shape index (κ3) is 3.49. The average Bonchev–Trinajstić information content (AvgIpc) is 3.43. The number of rotatable bonds is 5. The van der Waals surface area contributed by atoms with E-state index in [0.717, 1.165) is 53.5 Å². The van der Waals surface area contributed by atoms with E-state index < -0.39 is 0 Å². The molecule has 7 rings (SSSR count). The van der Waals surface area contributed by atoms with Crippen LogP contribution in [0.25, 0.3) is 22.1 Å². The van der Waals surface area contributed by atoms with E-state index in [2.05, 4.69) is 30.2 Å². The summed E-state index contributed by atoms with van der Waals surface area (Å²) in [6, 6.07) is 12.2. The summed E-state index contributed by atoms with van der Waals surface area (Å²) in [6.07, 6.45) is 5.08. The van der Waals surface area contributed by atoms with Gasteiger partial charge in [0.05, 0.1) is 42.8 Å². The topological polar surface area (TPSA) is 103 Å². The second-order valence-electron chi connectivity index (χ2n) is 9.36. The van der Waals surface area contributed by atoms with Gasteiger partial charge in [0.15, 0.2) is 5.82 Å². The lowest BCUT2D eigenvalue weighted by Gasteiger charge is -2.42. The first-order valence-electron chi connectivity index (χ1n) is 11.9. The predicted octanol–water partition coefficient (Wildman–Crippen LogP) is 3.99. The highest BCUT2D eigenvalue weighted by molar-refractivity contribution is 5.87. The molecular weight excluding hydrogens is 456 g/mol. The van der Waals surface area contributed by atoms with Crippen LogP contribution in [-0.4, -0.2) is 55.3 Å². The minimum Gasteiger partial charge on any atom is -0.457 e. The second kappa shape index (κ2) is 8.13. The van der Waals surface area contributed by atoms with E-state index in [0.29, 0.717) is 34.8 Å². The Morgan fingerprint density at radius 2 is 1.97 bits per heavy atom. The molecule has 1 N–H and O–H groups in total.